The maximum atomic E-state index is 5.56. The number of likely N-dealkylation sites (tertiary alicyclic amines) is 1. The molecule has 2 atom stereocenters. The van der Waals surface area contributed by atoms with Crippen molar-refractivity contribution in [1.82, 2.24) is 10.2 Å². The molecule has 0 radical (unpaired) electrons. The normalized spacial score (nSPS) is 24.6. The Balaban J connectivity index is 2.12. The second-order valence-corrected chi connectivity index (χ2v) is 4.47. The highest BCUT2D eigenvalue weighted by atomic mass is 16.5. The minimum atomic E-state index is 0.375. The Kier molecular flexibility index (Phi) is 6.22. The predicted octanol–water partition coefficient (Wildman–Crippen LogP) is 1.49. The summed E-state index contributed by atoms with van der Waals surface area (Å²) < 4.78 is 5.56. The van der Waals surface area contributed by atoms with Crippen molar-refractivity contribution in [3.05, 3.63) is 0 Å². The van der Waals surface area contributed by atoms with Crippen LogP contribution in [-0.2, 0) is 4.74 Å². The summed E-state index contributed by atoms with van der Waals surface area (Å²) in [7, 11) is 0. The number of hydrogen-bond donors (Lipinski definition) is 1. The SMILES string of the molecule is CCCNC1CCN(CC(C)OCC)C1. The fourth-order valence-electron chi connectivity index (χ4n) is 2.21. The first-order valence-electron chi connectivity index (χ1n) is 6.33. The van der Waals surface area contributed by atoms with Crippen LogP contribution in [0.1, 0.15) is 33.6 Å². The molecule has 1 aliphatic rings. The van der Waals surface area contributed by atoms with Gasteiger partial charge in [-0.25, -0.2) is 0 Å². The fraction of sp³-hybridized carbons (Fsp3) is 1.00. The van der Waals surface area contributed by atoms with E-state index >= 15 is 0 Å². The van der Waals surface area contributed by atoms with Crippen LogP contribution >= 0.6 is 0 Å². The zero-order chi connectivity index (χ0) is 11.1. The van der Waals surface area contributed by atoms with Crippen LogP contribution < -0.4 is 5.32 Å². The van der Waals surface area contributed by atoms with Crippen molar-refractivity contribution < 1.29 is 4.74 Å². The molecule has 0 aromatic rings. The number of nitrogens with one attached hydrogen (secondary N) is 1. The molecule has 0 aliphatic carbocycles. The molecule has 0 bridgehead atoms. The highest BCUT2D eigenvalue weighted by Gasteiger charge is 2.22. The third-order valence-electron chi connectivity index (χ3n) is 2.92. The highest BCUT2D eigenvalue weighted by Crippen LogP contribution is 2.10. The summed E-state index contributed by atoms with van der Waals surface area (Å²) in [4.78, 5) is 2.51. The summed E-state index contributed by atoms with van der Waals surface area (Å²) in [6, 6.07) is 0.707. The number of hydrogen-bond acceptors (Lipinski definition) is 3. The van der Waals surface area contributed by atoms with Crippen LogP contribution in [0.25, 0.3) is 0 Å². The summed E-state index contributed by atoms with van der Waals surface area (Å²) >= 11 is 0. The van der Waals surface area contributed by atoms with E-state index in [2.05, 4.69) is 31.0 Å². The third-order valence-corrected chi connectivity index (χ3v) is 2.92. The molecule has 1 rings (SSSR count). The number of rotatable bonds is 7. The maximum absolute atomic E-state index is 5.56. The topological polar surface area (TPSA) is 24.5 Å². The zero-order valence-corrected chi connectivity index (χ0v) is 10.5. The Morgan fingerprint density at radius 2 is 2.27 bits per heavy atom. The van der Waals surface area contributed by atoms with Gasteiger partial charge in [0.05, 0.1) is 6.10 Å². The molecule has 0 aromatic heterocycles. The lowest BCUT2D eigenvalue weighted by molar-refractivity contribution is 0.0510. The van der Waals surface area contributed by atoms with E-state index in [-0.39, 0.29) is 0 Å². The Labute approximate surface area is 94.2 Å². The minimum Gasteiger partial charge on any atom is -0.377 e. The van der Waals surface area contributed by atoms with Crippen LogP contribution in [0.15, 0.2) is 0 Å². The second kappa shape index (κ2) is 7.20. The predicted molar refractivity (Wildman–Crippen MR) is 64.2 cm³/mol. The van der Waals surface area contributed by atoms with Gasteiger partial charge >= 0.3 is 0 Å². The highest BCUT2D eigenvalue weighted by molar-refractivity contribution is 4.81. The van der Waals surface area contributed by atoms with E-state index in [1.54, 1.807) is 0 Å². The monoisotopic (exact) mass is 214 g/mol. The van der Waals surface area contributed by atoms with Gasteiger partial charge in [-0.3, -0.25) is 4.90 Å². The Morgan fingerprint density at radius 3 is 2.93 bits per heavy atom. The number of ether oxygens (including phenoxy) is 1. The summed E-state index contributed by atoms with van der Waals surface area (Å²) in [6.07, 6.45) is 2.89. The Morgan fingerprint density at radius 1 is 1.47 bits per heavy atom. The van der Waals surface area contributed by atoms with Crippen LogP contribution in [0.4, 0.5) is 0 Å². The molecule has 2 unspecified atom stereocenters. The van der Waals surface area contributed by atoms with Crippen molar-refractivity contribution in [3.8, 4) is 0 Å². The minimum absolute atomic E-state index is 0.375. The first-order chi connectivity index (χ1) is 7.26. The zero-order valence-electron chi connectivity index (χ0n) is 10.5. The van der Waals surface area contributed by atoms with Gasteiger partial charge in [-0.05, 0) is 39.8 Å². The molecule has 0 saturated carbocycles. The van der Waals surface area contributed by atoms with Gasteiger partial charge in [0.15, 0.2) is 0 Å². The van der Waals surface area contributed by atoms with Crippen LogP contribution in [0.3, 0.4) is 0 Å². The van der Waals surface area contributed by atoms with E-state index < -0.39 is 0 Å². The molecule has 1 aliphatic heterocycles. The molecule has 90 valence electrons. The van der Waals surface area contributed by atoms with Gasteiger partial charge in [-0.1, -0.05) is 6.92 Å². The van der Waals surface area contributed by atoms with Gasteiger partial charge in [0.1, 0.15) is 0 Å². The van der Waals surface area contributed by atoms with E-state index in [1.165, 1.54) is 25.9 Å². The largest absolute Gasteiger partial charge is 0.377 e. The van der Waals surface area contributed by atoms with E-state index in [0.717, 1.165) is 19.7 Å². The quantitative estimate of drug-likeness (QED) is 0.695. The summed E-state index contributed by atoms with van der Waals surface area (Å²) in [5.74, 6) is 0. The lowest BCUT2D eigenvalue weighted by Crippen LogP contribution is -2.35. The Bertz CT molecular complexity index is 164. The van der Waals surface area contributed by atoms with Crippen LogP contribution in [0.2, 0.25) is 0 Å². The molecular formula is C12H26N2O. The van der Waals surface area contributed by atoms with Gasteiger partial charge in [-0.2, -0.15) is 0 Å². The van der Waals surface area contributed by atoms with Crippen LogP contribution in [0, 0.1) is 0 Å². The van der Waals surface area contributed by atoms with Crippen molar-refractivity contribution >= 4 is 0 Å². The third kappa shape index (κ3) is 4.96. The first-order valence-corrected chi connectivity index (χ1v) is 6.33. The van der Waals surface area contributed by atoms with Crippen molar-refractivity contribution in [2.24, 2.45) is 0 Å². The van der Waals surface area contributed by atoms with Gasteiger partial charge in [0.2, 0.25) is 0 Å². The average Bonchev–Trinajstić information content (AvgIpc) is 2.63. The maximum Gasteiger partial charge on any atom is 0.0673 e. The second-order valence-electron chi connectivity index (χ2n) is 4.47. The van der Waals surface area contributed by atoms with Crippen LogP contribution in [0.5, 0.6) is 0 Å². The first kappa shape index (κ1) is 12.9. The van der Waals surface area contributed by atoms with Crippen molar-refractivity contribution in [3.63, 3.8) is 0 Å². The standard InChI is InChI=1S/C12H26N2O/c1-4-7-13-12-6-8-14(10-12)9-11(3)15-5-2/h11-13H,4-10H2,1-3H3. The Hall–Kier alpha value is -0.120. The smallest absolute Gasteiger partial charge is 0.0673 e. The van der Waals surface area contributed by atoms with E-state index in [9.17, 15) is 0 Å². The molecule has 3 heteroatoms. The van der Waals surface area contributed by atoms with Crippen molar-refractivity contribution in [1.29, 1.82) is 0 Å². The molecule has 15 heavy (non-hydrogen) atoms. The van der Waals surface area contributed by atoms with Crippen LogP contribution in [-0.4, -0.2) is 49.8 Å². The van der Waals surface area contributed by atoms with Gasteiger partial charge in [-0.15, -0.1) is 0 Å². The molecule has 3 nitrogen and oxygen atoms in total. The van der Waals surface area contributed by atoms with E-state index in [1.807, 2.05) is 0 Å². The summed E-state index contributed by atoms with van der Waals surface area (Å²) in [5, 5.41) is 3.58. The summed E-state index contributed by atoms with van der Waals surface area (Å²) in [5.41, 5.74) is 0. The number of nitrogens with zero attached hydrogens (tertiary/aromatic N) is 1. The molecule has 1 fully saturated rings. The molecule has 1 N–H and O–H groups in total. The van der Waals surface area contributed by atoms with E-state index in [4.69, 9.17) is 4.74 Å². The average molecular weight is 214 g/mol. The summed E-state index contributed by atoms with van der Waals surface area (Å²) in [6.45, 7) is 11.9. The molecule has 0 spiro atoms. The molecule has 1 saturated heterocycles. The fourth-order valence-corrected chi connectivity index (χ4v) is 2.21. The molecule has 0 amide bonds. The van der Waals surface area contributed by atoms with Crippen molar-refractivity contribution in [2.75, 3.05) is 32.8 Å². The van der Waals surface area contributed by atoms with Crippen molar-refractivity contribution in [2.45, 2.75) is 45.8 Å². The molecule has 1 heterocycles. The molecular weight excluding hydrogens is 188 g/mol. The lowest BCUT2D eigenvalue weighted by atomic mass is 10.2. The van der Waals surface area contributed by atoms with Gasteiger partial charge in [0, 0.05) is 25.7 Å². The van der Waals surface area contributed by atoms with E-state index in [0.29, 0.717) is 12.1 Å². The lowest BCUT2D eigenvalue weighted by Gasteiger charge is -2.20. The van der Waals surface area contributed by atoms with Gasteiger partial charge in [0.25, 0.3) is 0 Å². The molecule has 0 aromatic carbocycles. The van der Waals surface area contributed by atoms with Gasteiger partial charge < -0.3 is 10.1 Å².